The highest BCUT2D eigenvalue weighted by Gasteiger charge is 2.17. The van der Waals surface area contributed by atoms with Gasteiger partial charge in [0.2, 0.25) is 0 Å². The Balaban J connectivity index is 2.10. The minimum Gasteiger partial charge on any atom is -0.192 e. The van der Waals surface area contributed by atoms with Gasteiger partial charge in [-0.1, -0.05) is 36.4 Å². The largest absolute Gasteiger partial charge is 0.192 e. The molecule has 3 rings (SSSR count). The van der Waals surface area contributed by atoms with Gasteiger partial charge in [0.1, 0.15) is 0 Å². The highest BCUT2D eigenvalue weighted by Crippen LogP contribution is 2.32. The summed E-state index contributed by atoms with van der Waals surface area (Å²) >= 11 is 0. The van der Waals surface area contributed by atoms with Gasteiger partial charge in [-0.15, -0.1) is 0 Å². The van der Waals surface area contributed by atoms with Crippen molar-refractivity contribution in [1.82, 2.24) is 0 Å². The Labute approximate surface area is 146 Å². The normalized spacial score (nSPS) is 9.84. The van der Waals surface area contributed by atoms with Crippen molar-refractivity contribution in [1.29, 1.82) is 15.8 Å². The standard InChI is InChI=1S/C22H13N3/c23-13-16-1-7-19(8-2-16)22(20-9-3-17(14-24)4-10-20)21-11-5-18(15-25)6-12-21/h1-12,22H. The molecule has 0 unspecified atom stereocenters. The fourth-order valence-corrected chi connectivity index (χ4v) is 2.83. The van der Waals surface area contributed by atoms with Crippen LogP contribution in [-0.2, 0) is 0 Å². The van der Waals surface area contributed by atoms with Crippen molar-refractivity contribution in [3.8, 4) is 18.2 Å². The first kappa shape index (κ1) is 16.0. The van der Waals surface area contributed by atoms with Gasteiger partial charge >= 0.3 is 0 Å². The molecule has 0 aliphatic heterocycles. The lowest BCUT2D eigenvalue weighted by molar-refractivity contribution is 0.976. The third-order valence-electron chi connectivity index (χ3n) is 4.12. The van der Waals surface area contributed by atoms with Crippen molar-refractivity contribution in [2.75, 3.05) is 0 Å². The third kappa shape index (κ3) is 3.40. The summed E-state index contributed by atoms with van der Waals surface area (Å²) in [4.78, 5) is 0. The molecular weight excluding hydrogens is 306 g/mol. The van der Waals surface area contributed by atoms with Crippen molar-refractivity contribution in [3.05, 3.63) is 106 Å². The first-order valence-corrected chi connectivity index (χ1v) is 7.75. The lowest BCUT2D eigenvalue weighted by Crippen LogP contribution is -2.03. The maximum absolute atomic E-state index is 9.01. The van der Waals surface area contributed by atoms with Crippen LogP contribution < -0.4 is 0 Å². The molecule has 0 fully saturated rings. The zero-order valence-corrected chi connectivity index (χ0v) is 13.3. The smallest absolute Gasteiger partial charge is 0.0991 e. The molecule has 3 heteroatoms. The average Bonchev–Trinajstić information content (AvgIpc) is 2.70. The number of benzene rings is 3. The highest BCUT2D eigenvalue weighted by atomic mass is 14.3. The Morgan fingerprint density at radius 1 is 0.440 bits per heavy atom. The minimum atomic E-state index is -0.0340. The van der Waals surface area contributed by atoms with Crippen LogP contribution >= 0.6 is 0 Å². The van der Waals surface area contributed by atoms with Crippen molar-refractivity contribution in [2.24, 2.45) is 0 Å². The fourth-order valence-electron chi connectivity index (χ4n) is 2.83. The summed E-state index contributed by atoms with van der Waals surface area (Å²) in [7, 11) is 0. The van der Waals surface area contributed by atoms with Crippen LogP contribution in [0.2, 0.25) is 0 Å². The molecule has 3 nitrogen and oxygen atoms in total. The average molecular weight is 319 g/mol. The van der Waals surface area contributed by atoms with Gasteiger partial charge in [0.25, 0.3) is 0 Å². The fraction of sp³-hybridized carbons (Fsp3) is 0.0455. The molecule has 0 aromatic heterocycles. The first-order valence-electron chi connectivity index (χ1n) is 7.75. The van der Waals surface area contributed by atoms with Crippen molar-refractivity contribution in [2.45, 2.75) is 5.92 Å². The van der Waals surface area contributed by atoms with E-state index in [1.54, 1.807) is 36.4 Å². The number of rotatable bonds is 3. The van der Waals surface area contributed by atoms with Crippen LogP contribution in [0.25, 0.3) is 0 Å². The van der Waals surface area contributed by atoms with E-state index in [1.807, 2.05) is 36.4 Å². The number of nitrogens with zero attached hydrogens (tertiary/aromatic N) is 3. The second-order valence-electron chi connectivity index (χ2n) is 5.63. The summed E-state index contributed by atoms with van der Waals surface area (Å²) in [6.45, 7) is 0. The van der Waals surface area contributed by atoms with Crippen LogP contribution in [0.5, 0.6) is 0 Å². The Morgan fingerprint density at radius 3 is 0.880 bits per heavy atom. The molecule has 3 aromatic rings. The maximum Gasteiger partial charge on any atom is 0.0991 e. The molecule has 116 valence electrons. The van der Waals surface area contributed by atoms with E-state index in [2.05, 4.69) is 18.2 Å². The molecule has 0 atom stereocenters. The lowest BCUT2D eigenvalue weighted by Gasteiger charge is -2.19. The zero-order chi connectivity index (χ0) is 17.6. The van der Waals surface area contributed by atoms with E-state index in [9.17, 15) is 0 Å². The zero-order valence-electron chi connectivity index (χ0n) is 13.3. The van der Waals surface area contributed by atoms with Gasteiger partial charge in [-0.3, -0.25) is 0 Å². The highest BCUT2D eigenvalue weighted by molar-refractivity contribution is 5.47. The van der Waals surface area contributed by atoms with Crippen LogP contribution in [0.3, 0.4) is 0 Å². The summed E-state index contributed by atoms with van der Waals surface area (Å²) in [6, 6.07) is 28.9. The summed E-state index contributed by atoms with van der Waals surface area (Å²) in [5.74, 6) is -0.0340. The van der Waals surface area contributed by atoms with Gasteiger partial charge in [0, 0.05) is 5.92 Å². The monoisotopic (exact) mass is 319 g/mol. The molecule has 0 aliphatic rings. The molecule has 0 aliphatic carbocycles. The number of hydrogen-bond acceptors (Lipinski definition) is 3. The van der Waals surface area contributed by atoms with Crippen LogP contribution in [0.15, 0.2) is 72.8 Å². The van der Waals surface area contributed by atoms with Crippen LogP contribution in [0, 0.1) is 34.0 Å². The second-order valence-corrected chi connectivity index (χ2v) is 5.63. The molecule has 0 bridgehead atoms. The molecular formula is C22H13N3. The summed E-state index contributed by atoms with van der Waals surface area (Å²) in [5, 5.41) is 27.0. The SMILES string of the molecule is N#Cc1ccc(C(c2ccc(C#N)cc2)c2ccc(C#N)cc2)cc1. The van der Waals surface area contributed by atoms with Gasteiger partial charge < -0.3 is 0 Å². The third-order valence-corrected chi connectivity index (χ3v) is 4.12. The quantitative estimate of drug-likeness (QED) is 0.668. The Morgan fingerprint density at radius 2 is 0.680 bits per heavy atom. The Kier molecular flexibility index (Phi) is 4.57. The van der Waals surface area contributed by atoms with Gasteiger partial charge in [0.05, 0.1) is 34.9 Å². The Hall–Kier alpha value is -3.87. The van der Waals surface area contributed by atoms with E-state index in [0.29, 0.717) is 16.7 Å². The van der Waals surface area contributed by atoms with Crippen molar-refractivity contribution < 1.29 is 0 Å². The van der Waals surface area contributed by atoms with Crippen molar-refractivity contribution in [3.63, 3.8) is 0 Å². The Bertz CT molecular complexity index is 857. The molecule has 0 spiro atoms. The molecule has 0 amide bonds. The van der Waals surface area contributed by atoms with E-state index in [0.717, 1.165) is 16.7 Å². The van der Waals surface area contributed by atoms with E-state index in [1.165, 1.54) is 0 Å². The molecule has 0 heterocycles. The molecule has 25 heavy (non-hydrogen) atoms. The minimum absolute atomic E-state index is 0.0340. The van der Waals surface area contributed by atoms with Gasteiger partial charge in [0.15, 0.2) is 0 Å². The van der Waals surface area contributed by atoms with Crippen LogP contribution in [0.1, 0.15) is 39.3 Å². The molecule has 0 radical (unpaired) electrons. The molecule has 0 N–H and O–H groups in total. The van der Waals surface area contributed by atoms with Gasteiger partial charge in [-0.2, -0.15) is 15.8 Å². The van der Waals surface area contributed by atoms with E-state index < -0.39 is 0 Å². The number of hydrogen-bond donors (Lipinski definition) is 0. The predicted molar refractivity (Wildman–Crippen MR) is 94.4 cm³/mol. The van der Waals surface area contributed by atoms with Gasteiger partial charge in [-0.05, 0) is 53.1 Å². The topological polar surface area (TPSA) is 71.4 Å². The van der Waals surface area contributed by atoms with Crippen LogP contribution in [0.4, 0.5) is 0 Å². The molecule has 0 saturated carbocycles. The second kappa shape index (κ2) is 7.14. The van der Waals surface area contributed by atoms with E-state index in [-0.39, 0.29) is 5.92 Å². The summed E-state index contributed by atoms with van der Waals surface area (Å²) in [6.07, 6.45) is 0. The van der Waals surface area contributed by atoms with Crippen LogP contribution in [-0.4, -0.2) is 0 Å². The first-order chi connectivity index (χ1) is 12.2. The maximum atomic E-state index is 9.01. The van der Waals surface area contributed by atoms with E-state index in [4.69, 9.17) is 15.8 Å². The summed E-state index contributed by atoms with van der Waals surface area (Å²) < 4.78 is 0. The molecule has 3 aromatic carbocycles. The number of nitriles is 3. The van der Waals surface area contributed by atoms with E-state index >= 15 is 0 Å². The van der Waals surface area contributed by atoms with Gasteiger partial charge in [-0.25, -0.2) is 0 Å². The molecule has 0 saturated heterocycles. The summed E-state index contributed by atoms with van der Waals surface area (Å²) in [5.41, 5.74) is 4.99. The predicted octanol–water partition coefficient (Wildman–Crippen LogP) is 4.48. The lowest BCUT2D eigenvalue weighted by atomic mass is 9.84. The van der Waals surface area contributed by atoms with Crippen molar-refractivity contribution >= 4 is 0 Å².